The summed E-state index contributed by atoms with van der Waals surface area (Å²) < 4.78 is 0. The van der Waals surface area contributed by atoms with Gasteiger partial charge in [-0.1, -0.05) is 65.2 Å². The predicted octanol–water partition coefficient (Wildman–Crippen LogP) is 8.66. The van der Waals surface area contributed by atoms with Gasteiger partial charge < -0.3 is 0 Å². The fourth-order valence-electron chi connectivity index (χ4n) is 4.61. The summed E-state index contributed by atoms with van der Waals surface area (Å²) in [7, 11) is 0. The van der Waals surface area contributed by atoms with Crippen molar-refractivity contribution in [1.29, 1.82) is 0 Å². The summed E-state index contributed by atoms with van der Waals surface area (Å²) in [6, 6.07) is 0. The molecular formula is C35H48. The van der Waals surface area contributed by atoms with Gasteiger partial charge in [-0.25, -0.2) is 0 Å². The first-order valence-corrected chi connectivity index (χ1v) is 13.7. The SMILES string of the molecule is C#CCCCCC(C#C)(CC#CCCC)C(C#CCCCC)(CCCC#C)C(C#CC(C)C)CC. The Bertz CT molecular complexity index is 892. The summed E-state index contributed by atoms with van der Waals surface area (Å²) in [6.45, 7) is 10.8. The van der Waals surface area contributed by atoms with Crippen LogP contribution >= 0.6 is 0 Å². The predicted molar refractivity (Wildman–Crippen MR) is 155 cm³/mol. The van der Waals surface area contributed by atoms with E-state index in [1.54, 1.807) is 0 Å². The van der Waals surface area contributed by atoms with Crippen LogP contribution in [0.2, 0.25) is 0 Å². The molecule has 0 aromatic rings. The van der Waals surface area contributed by atoms with Crippen molar-refractivity contribution in [3.8, 4) is 72.6 Å². The molecule has 0 aliphatic rings. The van der Waals surface area contributed by atoms with Crippen molar-refractivity contribution in [3.05, 3.63) is 0 Å². The zero-order chi connectivity index (χ0) is 26.4. The molecule has 188 valence electrons. The Morgan fingerprint density at radius 1 is 0.686 bits per heavy atom. The molecule has 0 spiro atoms. The quantitative estimate of drug-likeness (QED) is 0.177. The van der Waals surface area contributed by atoms with Crippen LogP contribution in [0, 0.1) is 95.2 Å². The van der Waals surface area contributed by atoms with Crippen LogP contribution < -0.4 is 0 Å². The average Bonchev–Trinajstić information content (AvgIpc) is 2.85. The molecular weight excluding hydrogens is 420 g/mol. The first-order valence-electron chi connectivity index (χ1n) is 13.7. The van der Waals surface area contributed by atoms with Gasteiger partial charge >= 0.3 is 0 Å². The number of hydrogen-bond donors (Lipinski definition) is 0. The van der Waals surface area contributed by atoms with E-state index < -0.39 is 10.8 Å². The Morgan fingerprint density at radius 3 is 1.97 bits per heavy atom. The van der Waals surface area contributed by atoms with Crippen molar-refractivity contribution in [2.75, 3.05) is 0 Å². The molecule has 0 heteroatoms. The van der Waals surface area contributed by atoms with Crippen LogP contribution in [-0.2, 0) is 0 Å². The van der Waals surface area contributed by atoms with Crippen LogP contribution in [-0.4, -0.2) is 0 Å². The van der Waals surface area contributed by atoms with Gasteiger partial charge in [-0.3, -0.25) is 0 Å². The van der Waals surface area contributed by atoms with Gasteiger partial charge in [-0.2, -0.15) is 0 Å². The second-order valence-electron chi connectivity index (χ2n) is 9.76. The lowest BCUT2D eigenvalue weighted by atomic mass is 9.52. The van der Waals surface area contributed by atoms with Crippen LogP contribution in [0.1, 0.15) is 125 Å². The van der Waals surface area contributed by atoms with Crippen LogP contribution in [0.15, 0.2) is 0 Å². The van der Waals surface area contributed by atoms with Crippen molar-refractivity contribution >= 4 is 0 Å². The maximum atomic E-state index is 6.49. The molecule has 0 fully saturated rings. The second kappa shape index (κ2) is 19.6. The van der Waals surface area contributed by atoms with Gasteiger partial charge in [0.05, 0.1) is 10.8 Å². The molecule has 0 N–H and O–H groups in total. The molecule has 0 radical (unpaired) electrons. The zero-order valence-electron chi connectivity index (χ0n) is 23.3. The summed E-state index contributed by atoms with van der Waals surface area (Å²) in [5.74, 6) is 30.5. The Balaban J connectivity index is 7.03. The largest absolute Gasteiger partial charge is 0.120 e. The van der Waals surface area contributed by atoms with Crippen LogP contribution in [0.3, 0.4) is 0 Å². The fraction of sp³-hybridized carbons (Fsp3) is 0.657. The van der Waals surface area contributed by atoms with Crippen LogP contribution in [0.25, 0.3) is 0 Å². The number of unbranched alkanes of at least 4 members (excludes halogenated alkanes) is 6. The maximum Gasteiger partial charge on any atom is 0.0626 e. The van der Waals surface area contributed by atoms with E-state index in [1.807, 2.05) is 0 Å². The summed E-state index contributed by atoms with van der Waals surface area (Å²) in [5, 5.41) is 0. The minimum Gasteiger partial charge on any atom is -0.120 e. The van der Waals surface area contributed by atoms with Gasteiger partial charge in [-0.15, -0.1) is 54.8 Å². The third kappa shape index (κ3) is 11.1. The van der Waals surface area contributed by atoms with E-state index in [9.17, 15) is 0 Å². The molecule has 0 nitrogen and oxygen atoms in total. The topological polar surface area (TPSA) is 0 Å². The van der Waals surface area contributed by atoms with E-state index in [0.717, 1.165) is 77.0 Å². The lowest BCUT2D eigenvalue weighted by molar-refractivity contribution is 0.0859. The Labute approximate surface area is 219 Å². The average molecular weight is 469 g/mol. The normalized spacial score (nSPS) is 14.1. The lowest BCUT2D eigenvalue weighted by Crippen LogP contribution is -2.46. The highest BCUT2D eigenvalue weighted by atomic mass is 14.5. The monoisotopic (exact) mass is 468 g/mol. The first kappa shape index (κ1) is 32.4. The van der Waals surface area contributed by atoms with Crippen molar-refractivity contribution < 1.29 is 0 Å². The molecule has 0 aliphatic carbocycles. The number of rotatable bonds is 14. The maximum absolute atomic E-state index is 6.49. The number of hydrogen-bond acceptors (Lipinski definition) is 0. The molecule has 0 aromatic heterocycles. The molecule has 0 bridgehead atoms. The summed E-state index contributed by atoms with van der Waals surface area (Å²) >= 11 is 0. The van der Waals surface area contributed by atoms with Gasteiger partial charge in [0.25, 0.3) is 0 Å². The van der Waals surface area contributed by atoms with E-state index in [1.165, 1.54) is 0 Å². The van der Waals surface area contributed by atoms with E-state index in [4.69, 9.17) is 19.3 Å². The van der Waals surface area contributed by atoms with Crippen molar-refractivity contribution in [1.82, 2.24) is 0 Å². The molecule has 0 rings (SSSR count). The Kier molecular flexibility index (Phi) is 18.2. The minimum atomic E-state index is -0.498. The van der Waals surface area contributed by atoms with Gasteiger partial charge in [0.15, 0.2) is 0 Å². The molecule has 3 unspecified atom stereocenters. The first-order chi connectivity index (χ1) is 16.9. The van der Waals surface area contributed by atoms with E-state index in [2.05, 4.69) is 87.9 Å². The van der Waals surface area contributed by atoms with E-state index >= 15 is 0 Å². The third-order valence-electron chi connectivity index (χ3n) is 6.60. The van der Waals surface area contributed by atoms with Crippen LogP contribution in [0.5, 0.6) is 0 Å². The van der Waals surface area contributed by atoms with Crippen molar-refractivity contribution in [2.45, 2.75) is 125 Å². The van der Waals surface area contributed by atoms with Gasteiger partial charge in [0.2, 0.25) is 0 Å². The summed E-state index contributed by atoms with van der Waals surface area (Å²) in [4.78, 5) is 0. The second-order valence-corrected chi connectivity index (χ2v) is 9.76. The Hall–Kier alpha value is -2.64. The fourth-order valence-corrected chi connectivity index (χ4v) is 4.61. The molecule has 0 saturated carbocycles. The van der Waals surface area contributed by atoms with E-state index in [0.29, 0.717) is 18.8 Å². The molecule has 0 aromatic carbocycles. The lowest BCUT2D eigenvalue weighted by Gasteiger charge is -2.47. The molecule has 3 atom stereocenters. The van der Waals surface area contributed by atoms with E-state index in [-0.39, 0.29) is 5.92 Å². The van der Waals surface area contributed by atoms with Crippen LogP contribution in [0.4, 0.5) is 0 Å². The summed E-state index contributed by atoms with van der Waals surface area (Å²) in [6.07, 6.45) is 30.2. The number of terminal acetylenes is 3. The standard InChI is InChI=1S/C35H48/c1-9-15-19-23-28-34(14-6,29-24-20-16-10-2)35(30-22-18-12-4,31-25-21-17-11-3)33(13-5)27-26-32(7)8/h1,4,6,32-33H,10-11,13,15-19,21-23,28-30H2,2-3,5,7-8H3. The molecule has 0 saturated heterocycles. The smallest absolute Gasteiger partial charge is 0.0626 e. The van der Waals surface area contributed by atoms with Gasteiger partial charge in [-0.05, 0) is 44.9 Å². The highest BCUT2D eigenvalue weighted by molar-refractivity contribution is 5.33. The third-order valence-corrected chi connectivity index (χ3v) is 6.60. The molecule has 35 heavy (non-hydrogen) atoms. The van der Waals surface area contributed by atoms with Crippen molar-refractivity contribution in [2.24, 2.45) is 22.7 Å². The van der Waals surface area contributed by atoms with Crippen molar-refractivity contribution in [3.63, 3.8) is 0 Å². The molecule has 0 aliphatic heterocycles. The van der Waals surface area contributed by atoms with Gasteiger partial charge in [0, 0.05) is 43.9 Å². The zero-order valence-corrected chi connectivity index (χ0v) is 23.3. The molecule has 0 heterocycles. The van der Waals surface area contributed by atoms with Gasteiger partial charge in [0.1, 0.15) is 0 Å². The Morgan fingerprint density at radius 2 is 1.40 bits per heavy atom. The highest BCUT2D eigenvalue weighted by Crippen LogP contribution is 2.54. The highest BCUT2D eigenvalue weighted by Gasteiger charge is 2.52. The minimum absolute atomic E-state index is 0.0634. The summed E-state index contributed by atoms with van der Waals surface area (Å²) in [5.41, 5.74) is -0.956. The molecule has 0 amide bonds.